The van der Waals surface area contributed by atoms with Gasteiger partial charge in [0, 0.05) is 38.2 Å². The van der Waals surface area contributed by atoms with E-state index in [9.17, 15) is 9.59 Å². The number of carbonyl (C=O) groups is 1. The Labute approximate surface area is 130 Å². The van der Waals surface area contributed by atoms with Gasteiger partial charge in [0.15, 0.2) is 0 Å². The van der Waals surface area contributed by atoms with E-state index in [1.54, 1.807) is 14.0 Å². The second-order valence-corrected chi connectivity index (χ2v) is 5.60. The minimum absolute atomic E-state index is 0.185. The van der Waals surface area contributed by atoms with Gasteiger partial charge in [-0.05, 0) is 49.7 Å². The summed E-state index contributed by atoms with van der Waals surface area (Å²) in [5, 5.41) is 2.78. The van der Waals surface area contributed by atoms with Crippen LogP contribution in [0, 0.1) is 13.8 Å². The molecule has 116 valence electrons. The standard InChI is InChI=1S/C17H21N3O2/c1-11-10-12(2)20(5)17(22)15(11)16(21)18-13-6-8-14(9-7-13)19(3)4/h6-10H,1-5H3,(H,18,21). The normalized spacial score (nSPS) is 10.4. The lowest BCUT2D eigenvalue weighted by atomic mass is 10.1. The molecule has 5 heteroatoms. The second-order valence-electron chi connectivity index (χ2n) is 5.60. The van der Waals surface area contributed by atoms with Gasteiger partial charge in [-0.25, -0.2) is 0 Å². The van der Waals surface area contributed by atoms with Gasteiger partial charge < -0.3 is 14.8 Å². The van der Waals surface area contributed by atoms with Gasteiger partial charge in [0.05, 0.1) is 0 Å². The summed E-state index contributed by atoms with van der Waals surface area (Å²) in [7, 11) is 5.57. The number of nitrogens with zero attached hydrogens (tertiary/aromatic N) is 2. The van der Waals surface area contributed by atoms with Gasteiger partial charge in [-0.15, -0.1) is 0 Å². The van der Waals surface area contributed by atoms with Crippen molar-refractivity contribution >= 4 is 17.3 Å². The Morgan fingerprint density at radius 2 is 1.73 bits per heavy atom. The summed E-state index contributed by atoms with van der Waals surface area (Å²) in [6, 6.07) is 9.30. The van der Waals surface area contributed by atoms with E-state index < -0.39 is 0 Å². The highest BCUT2D eigenvalue weighted by molar-refractivity contribution is 6.05. The molecule has 0 atom stereocenters. The molecule has 1 aromatic carbocycles. The number of carbonyl (C=O) groups excluding carboxylic acids is 1. The van der Waals surface area contributed by atoms with Crippen molar-refractivity contribution in [1.29, 1.82) is 0 Å². The zero-order valence-corrected chi connectivity index (χ0v) is 13.6. The summed E-state index contributed by atoms with van der Waals surface area (Å²) in [5.74, 6) is -0.379. The van der Waals surface area contributed by atoms with E-state index in [1.165, 1.54) is 4.57 Å². The molecule has 0 aliphatic heterocycles. The summed E-state index contributed by atoms with van der Waals surface area (Å²) in [5.41, 5.74) is 3.13. The van der Waals surface area contributed by atoms with Gasteiger partial charge in [0.25, 0.3) is 11.5 Å². The van der Waals surface area contributed by atoms with Crippen LogP contribution in [-0.2, 0) is 7.05 Å². The van der Waals surface area contributed by atoms with E-state index in [0.29, 0.717) is 11.3 Å². The molecule has 22 heavy (non-hydrogen) atoms. The van der Waals surface area contributed by atoms with Crippen molar-refractivity contribution in [1.82, 2.24) is 4.57 Å². The zero-order chi connectivity index (χ0) is 16.4. The van der Waals surface area contributed by atoms with Gasteiger partial charge in [-0.3, -0.25) is 9.59 Å². The van der Waals surface area contributed by atoms with Gasteiger partial charge in [-0.2, -0.15) is 0 Å². The minimum Gasteiger partial charge on any atom is -0.378 e. The van der Waals surface area contributed by atoms with Crippen molar-refractivity contribution in [3.63, 3.8) is 0 Å². The summed E-state index contributed by atoms with van der Waals surface area (Å²) in [6.07, 6.45) is 0. The smallest absolute Gasteiger partial charge is 0.263 e. The molecule has 2 rings (SSSR count). The average Bonchev–Trinajstić information content (AvgIpc) is 2.45. The summed E-state index contributed by atoms with van der Waals surface area (Å²) in [6.45, 7) is 3.62. The van der Waals surface area contributed by atoms with Crippen molar-refractivity contribution in [2.24, 2.45) is 7.05 Å². The summed E-state index contributed by atoms with van der Waals surface area (Å²) < 4.78 is 1.48. The van der Waals surface area contributed by atoms with Crippen molar-refractivity contribution in [2.75, 3.05) is 24.3 Å². The molecule has 0 spiro atoms. The Morgan fingerprint density at radius 1 is 1.14 bits per heavy atom. The number of hydrogen-bond acceptors (Lipinski definition) is 3. The Bertz CT molecular complexity index is 759. The van der Waals surface area contributed by atoms with E-state index in [2.05, 4.69) is 5.32 Å². The van der Waals surface area contributed by atoms with Gasteiger partial charge >= 0.3 is 0 Å². The monoisotopic (exact) mass is 299 g/mol. The number of aryl methyl sites for hydroxylation is 2. The van der Waals surface area contributed by atoms with Crippen LogP contribution in [0.5, 0.6) is 0 Å². The fourth-order valence-corrected chi connectivity index (χ4v) is 2.29. The molecule has 0 unspecified atom stereocenters. The van der Waals surface area contributed by atoms with Gasteiger partial charge in [0.2, 0.25) is 0 Å². The van der Waals surface area contributed by atoms with E-state index in [-0.39, 0.29) is 17.0 Å². The average molecular weight is 299 g/mol. The number of hydrogen-bond donors (Lipinski definition) is 1. The SMILES string of the molecule is Cc1cc(C)n(C)c(=O)c1C(=O)Nc1ccc(N(C)C)cc1. The number of pyridine rings is 1. The molecule has 0 bridgehead atoms. The lowest BCUT2D eigenvalue weighted by Gasteiger charge is -2.14. The van der Waals surface area contributed by atoms with E-state index >= 15 is 0 Å². The lowest BCUT2D eigenvalue weighted by Crippen LogP contribution is -2.30. The quantitative estimate of drug-likeness (QED) is 0.946. The van der Waals surface area contributed by atoms with Gasteiger partial charge in [-0.1, -0.05) is 0 Å². The molecular weight excluding hydrogens is 278 g/mol. The topological polar surface area (TPSA) is 54.3 Å². The Morgan fingerprint density at radius 3 is 2.27 bits per heavy atom. The predicted octanol–water partition coefficient (Wildman–Crippen LogP) is 2.32. The van der Waals surface area contributed by atoms with Crippen LogP contribution in [0.15, 0.2) is 35.1 Å². The largest absolute Gasteiger partial charge is 0.378 e. The number of aromatic nitrogens is 1. The van der Waals surface area contributed by atoms with Gasteiger partial charge in [0.1, 0.15) is 5.56 Å². The number of rotatable bonds is 3. The Balaban J connectivity index is 2.30. The summed E-state index contributed by atoms with van der Waals surface area (Å²) in [4.78, 5) is 26.7. The second kappa shape index (κ2) is 6.05. The first-order chi connectivity index (χ1) is 10.3. The zero-order valence-electron chi connectivity index (χ0n) is 13.6. The van der Waals surface area contributed by atoms with Crippen molar-refractivity contribution in [3.8, 4) is 0 Å². The summed E-state index contributed by atoms with van der Waals surface area (Å²) >= 11 is 0. The molecule has 2 aromatic rings. The molecule has 1 heterocycles. The maximum absolute atomic E-state index is 12.4. The maximum Gasteiger partial charge on any atom is 0.263 e. The van der Waals surface area contributed by atoms with Crippen LogP contribution < -0.4 is 15.8 Å². The highest BCUT2D eigenvalue weighted by atomic mass is 16.2. The molecule has 1 amide bonds. The Kier molecular flexibility index (Phi) is 4.35. The Hall–Kier alpha value is -2.56. The number of benzene rings is 1. The molecule has 0 saturated heterocycles. The highest BCUT2D eigenvalue weighted by Crippen LogP contribution is 2.16. The van der Waals surface area contributed by atoms with E-state index in [1.807, 2.05) is 56.3 Å². The third-order valence-corrected chi connectivity index (χ3v) is 3.74. The lowest BCUT2D eigenvalue weighted by molar-refractivity contribution is 0.102. The first kappa shape index (κ1) is 15.8. The van der Waals surface area contributed by atoms with Crippen LogP contribution in [0.1, 0.15) is 21.6 Å². The van der Waals surface area contributed by atoms with Crippen LogP contribution in [0.25, 0.3) is 0 Å². The first-order valence-electron chi connectivity index (χ1n) is 7.07. The fourth-order valence-electron chi connectivity index (χ4n) is 2.29. The molecule has 0 radical (unpaired) electrons. The van der Waals surface area contributed by atoms with E-state index in [0.717, 1.165) is 11.4 Å². The maximum atomic E-state index is 12.4. The molecular formula is C17H21N3O2. The minimum atomic E-state index is -0.379. The van der Waals surface area contributed by atoms with Crippen LogP contribution >= 0.6 is 0 Å². The third kappa shape index (κ3) is 3.03. The molecule has 0 aliphatic carbocycles. The van der Waals surface area contributed by atoms with Crippen LogP contribution in [0.3, 0.4) is 0 Å². The molecule has 1 N–H and O–H groups in total. The van der Waals surface area contributed by atoms with Crippen molar-refractivity contribution < 1.29 is 4.79 Å². The fraction of sp³-hybridized carbons (Fsp3) is 0.294. The molecule has 0 fully saturated rings. The molecule has 0 saturated carbocycles. The third-order valence-electron chi connectivity index (χ3n) is 3.74. The molecule has 1 aromatic heterocycles. The number of amides is 1. The highest BCUT2D eigenvalue weighted by Gasteiger charge is 2.16. The van der Waals surface area contributed by atoms with Crippen LogP contribution in [-0.4, -0.2) is 24.6 Å². The molecule has 5 nitrogen and oxygen atoms in total. The van der Waals surface area contributed by atoms with E-state index in [4.69, 9.17) is 0 Å². The van der Waals surface area contributed by atoms with Crippen LogP contribution in [0.4, 0.5) is 11.4 Å². The first-order valence-corrected chi connectivity index (χ1v) is 7.07. The van der Waals surface area contributed by atoms with Crippen molar-refractivity contribution in [3.05, 3.63) is 57.5 Å². The predicted molar refractivity (Wildman–Crippen MR) is 89.9 cm³/mol. The van der Waals surface area contributed by atoms with Crippen molar-refractivity contribution in [2.45, 2.75) is 13.8 Å². The molecule has 0 aliphatic rings. The number of nitrogens with one attached hydrogen (secondary N) is 1. The number of anilines is 2. The van der Waals surface area contributed by atoms with Crippen LogP contribution in [0.2, 0.25) is 0 Å².